The van der Waals surface area contributed by atoms with Gasteiger partial charge in [0.15, 0.2) is 11.9 Å². The highest BCUT2D eigenvalue weighted by Gasteiger charge is 2.27. The molecule has 0 fully saturated rings. The van der Waals surface area contributed by atoms with E-state index in [4.69, 9.17) is 13.7 Å². The van der Waals surface area contributed by atoms with Gasteiger partial charge in [0.25, 0.3) is 11.6 Å². The first kappa shape index (κ1) is 19.2. The molecule has 0 aliphatic heterocycles. The number of rotatable bonds is 6. The Morgan fingerprint density at radius 1 is 1.18 bits per heavy atom. The fourth-order valence-electron chi connectivity index (χ4n) is 2.54. The SMILES string of the molecule is Cc1noc(C(C)C)c1C(=O)O[C@H](C)c1nnc(-c2ccc([N+](=O)[O-])cc2)o1. The number of aromatic nitrogens is 3. The zero-order valence-corrected chi connectivity index (χ0v) is 15.7. The molecule has 0 unspecified atom stereocenters. The summed E-state index contributed by atoms with van der Waals surface area (Å²) in [6, 6.07) is 5.68. The van der Waals surface area contributed by atoms with Gasteiger partial charge >= 0.3 is 5.97 Å². The van der Waals surface area contributed by atoms with E-state index in [-0.39, 0.29) is 29.0 Å². The normalized spacial score (nSPS) is 12.2. The van der Waals surface area contributed by atoms with Crippen LogP contribution in [0.3, 0.4) is 0 Å². The van der Waals surface area contributed by atoms with Crippen molar-refractivity contribution in [3.05, 3.63) is 57.3 Å². The van der Waals surface area contributed by atoms with Crippen LogP contribution in [0, 0.1) is 17.0 Å². The third-order valence-electron chi connectivity index (χ3n) is 4.01. The molecule has 1 atom stereocenters. The number of non-ortho nitro benzene ring substituents is 1. The molecular weight excluding hydrogens is 368 g/mol. The second-order valence-corrected chi connectivity index (χ2v) is 6.46. The third kappa shape index (κ3) is 3.75. The molecule has 0 saturated carbocycles. The van der Waals surface area contributed by atoms with Gasteiger partial charge in [0.05, 0.1) is 10.6 Å². The molecule has 0 aliphatic rings. The van der Waals surface area contributed by atoms with E-state index in [2.05, 4.69) is 15.4 Å². The standard InChI is InChI=1S/C18H18N4O6/c1-9(2)15-14(10(3)21-28-15)18(23)26-11(4)16-19-20-17(27-16)12-5-7-13(8-6-12)22(24)25/h5-9,11H,1-4H3/t11-/m1/s1. The second kappa shape index (κ2) is 7.59. The Labute approximate surface area is 159 Å². The van der Waals surface area contributed by atoms with Crippen LogP contribution in [0.25, 0.3) is 11.5 Å². The molecule has 0 N–H and O–H groups in total. The Kier molecular flexibility index (Phi) is 5.21. The van der Waals surface area contributed by atoms with Gasteiger partial charge in [-0.2, -0.15) is 0 Å². The van der Waals surface area contributed by atoms with Gasteiger partial charge in [-0.25, -0.2) is 4.79 Å². The zero-order chi connectivity index (χ0) is 20.4. The van der Waals surface area contributed by atoms with Crippen LogP contribution >= 0.6 is 0 Å². The quantitative estimate of drug-likeness (QED) is 0.350. The van der Waals surface area contributed by atoms with Gasteiger partial charge in [0.2, 0.25) is 5.89 Å². The number of carbonyl (C=O) groups is 1. The van der Waals surface area contributed by atoms with Crippen molar-refractivity contribution in [2.45, 2.75) is 39.7 Å². The number of hydrogen-bond acceptors (Lipinski definition) is 9. The van der Waals surface area contributed by atoms with Gasteiger partial charge in [-0.15, -0.1) is 10.2 Å². The summed E-state index contributed by atoms with van der Waals surface area (Å²) in [6.45, 7) is 7.03. The average molecular weight is 386 g/mol. The van der Waals surface area contributed by atoms with Gasteiger partial charge in [-0.05, 0) is 26.0 Å². The number of aryl methyl sites for hydroxylation is 1. The maximum atomic E-state index is 12.5. The average Bonchev–Trinajstić information content (AvgIpc) is 3.28. The molecule has 0 bridgehead atoms. The minimum Gasteiger partial charge on any atom is -0.449 e. The molecular formula is C18H18N4O6. The van der Waals surface area contributed by atoms with E-state index >= 15 is 0 Å². The number of nitro groups is 1. The molecule has 0 aliphatic carbocycles. The molecule has 3 aromatic rings. The first-order valence-electron chi connectivity index (χ1n) is 8.53. The first-order valence-corrected chi connectivity index (χ1v) is 8.53. The lowest BCUT2D eigenvalue weighted by Gasteiger charge is -2.10. The predicted octanol–water partition coefficient (Wildman–Crippen LogP) is 3.98. The maximum absolute atomic E-state index is 12.5. The molecule has 2 heterocycles. The second-order valence-electron chi connectivity index (χ2n) is 6.46. The summed E-state index contributed by atoms with van der Waals surface area (Å²) >= 11 is 0. The maximum Gasteiger partial charge on any atom is 0.344 e. The van der Waals surface area contributed by atoms with Gasteiger partial charge in [0.1, 0.15) is 5.56 Å². The predicted molar refractivity (Wildman–Crippen MR) is 95.5 cm³/mol. The summed E-state index contributed by atoms with van der Waals surface area (Å²) in [7, 11) is 0. The lowest BCUT2D eigenvalue weighted by atomic mass is 10.1. The Morgan fingerprint density at radius 2 is 1.86 bits per heavy atom. The van der Waals surface area contributed by atoms with Crippen LogP contribution in [0.15, 0.2) is 33.2 Å². The minimum absolute atomic E-state index is 0.0313. The van der Waals surface area contributed by atoms with Crippen molar-refractivity contribution >= 4 is 11.7 Å². The lowest BCUT2D eigenvalue weighted by Crippen LogP contribution is -2.12. The van der Waals surface area contributed by atoms with Crippen LogP contribution < -0.4 is 0 Å². The van der Waals surface area contributed by atoms with Crippen molar-refractivity contribution in [3.8, 4) is 11.5 Å². The molecule has 10 heteroatoms. The van der Waals surface area contributed by atoms with Crippen molar-refractivity contribution in [3.63, 3.8) is 0 Å². The van der Waals surface area contributed by atoms with Crippen molar-refractivity contribution < 1.29 is 23.4 Å². The highest BCUT2D eigenvalue weighted by molar-refractivity contribution is 5.91. The highest BCUT2D eigenvalue weighted by atomic mass is 16.6. The highest BCUT2D eigenvalue weighted by Crippen LogP contribution is 2.27. The van der Waals surface area contributed by atoms with Crippen molar-refractivity contribution in [1.29, 1.82) is 0 Å². The van der Waals surface area contributed by atoms with Crippen molar-refractivity contribution in [2.75, 3.05) is 0 Å². The summed E-state index contributed by atoms with van der Waals surface area (Å²) in [5.41, 5.74) is 1.20. The van der Waals surface area contributed by atoms with Crippen LogP contribution in [-0.2, 0) is 4.74 Å². The van der Waals surface area contributed by atoms with Crippen LogP contribution in [-0.4, -0.2) is 26.2 Å². The van der Waals surface area contributed by atoms with Crippen LogP contribution in [0.4, 0.5) is 5.69 Å². The van der Waals surface area contributed by atoms with E-state index in [0.29, 0.717) is 17.0 Å². The Bertz CT molecular complexity index is 1010. The summed E-state index contributed by atoms with van der Waals surface area (Å²) in [5.74, 6) is 0.0896. The molecule has 0 saturated heterocycles. The Balaban J connectivity index is 1.76. The minimum atomic E-state index is -0.805. The molecule has 3 rings (SSSR count). The summed E-state index contributed by atoms with van der Waals surface area (Å²) in [5, 5.41) is 22.4. The number of benzene rings is 1. The lowest BCUT2D eigenvalue weighted by molar-refractivity contribution is -0.384. The largest absolute Gasteiger partial charge is 0.449 e. The van der Waals surface area contributed by atoms with Gasteiger partial charge in [-0.1, -0.05) is 19.0 Å². The fourth-order valence-corrected chi connectivity index (χ4v) is 2.54. The van der Waals surface area contributed by atoms with E-state index in [0.717, 1.165) is 0 Å². The van der Waals surface area contributed by atoms with Gasteiger partial charge < -0.3 is 13.7 Å². The summed E-state index contributed by atoms with van der Waals surface area (Å²) in [6.07, 6.45) is -0.805. The van der Waals surface area contributed by atoms with Crippen LogP contribution in [0.5, 0.6) is 0 Å². The number of hydrogen-bond donors (Lipinski definition) is 0. The fraction of sp³-hybridized carbons (Fsp3) is 0.333. The monoisotopic (exact) mass is 386 g/mol. The molecule has 0 amide bonds. The van der Waals surface area contributed by atoms with Crippen molar-refractivity contribution in [2.24, 2.45) is 0 Å². The molecule has 146 valence electrons. The number of carbonyl (C=O) groups excluding carboxylic acids is 1. The smallest absolute Gasteiger partial charge is 0.344 e. The first-order chi connectivity index (χ1) is 13.3. The Morgan fingerprint density at radius 3 is 2.46 bits per heavy atom. The molecule has 2 aromatic heterocycles. The van der Waals surface area contributed by atoms with E-state index in [1.807, 2.05) is 13.8 Å². The van der Waals surface area contributed by atoms with Gasteiger partial charge in [0, 0.05) is 23.6 Å². The van der Waals surface area contributed by atoms with Gasteiger partial charge in [-0.3, -0.25) is 10.1 Å². The van der Waals surface area contributed by atoms with E-state index in [1.54, 1.807) is 13.8 Å². The van der Waals surface area contributed by atoms with E-state index in [9.17, 15) is 14.9 Å². The van der Waals surface area contributed by atoms with Crippen LogP contribution in [0.1, 0.15) is 60.5 Å². The molecule has 0 spiro atoms. The third-order valence-corrected chi connectivity index (χ3v) is 4.01. The molecule has 0 radical (unpaired) electrons. The Hall–Kier alpha value is -3.56. The van der Waals surface area contributed by atoms with E-state index in [1.165, 1.54) is 24.3 Å². The summed E-state index contributed by atoms with van der Waals surface area (Å²) < 4.78 is 16.2. The summed E-state index contributed by atoms with van der Waals surface area (Å²) in [4.78, 5) is 22.8. The number of nitro benzene ring substituents is 1. The molecule has 10 nitrogen and oxygen atoms in total. The number of ether oxygens (including phenoxy) is 1. The zero-order valence-electron chi connectivity index (χ0n) is 15.7. The van der Waals surface area contributed by atoms with Crippen molar-refractivity contribution in [1.82, 2.24) is 15.4 Å². The van der Waals surface area contributed by atoms with Crippen LogP contribution in [0.2, 0.25) is 0 Å². The molecule has 28 heavy (non-hydrogen) atoms. The number of nitrogens with zero attached hydrogens (tertiary/aromatic N) is 4. The topological polar surface area (TPSA) is 134 Å². The van der Waals surface area contributed by atoms with E-state index < -0.39 is 17.0 Å². The number of esters is 1. The molecule has 1 aromatic carbocycles.